The Bertz CT molecular complexity index is 914. The molecule has 0 atom stereocenters. The molecular weight excluding hydrogens is 462 g/mol. The van der Waals surface area contributed by atoms with Gasteiger partial charge in [0.25, 0.3) is 5.91 Å². The van der Waals surface area contributed by atoms with Gasteiger partial charge in [0.05, 0.1) is 3.57 Å². The van der Waals surface area contributed by atoms with Crippen molar-refractivity contribution >= 4 is 40.6 Å². The Morgan fingerprint density at radius 3 is 2.70 bits per heavy atom. The molecular formula is C20H18FIN2O3. The molecule has 3 rings (SSSR count). The summed E-state index contributed by atoms with van der Waals surface area (Å²) in [6.45, 7) is 2.43. The third-order valence-electron chi connectivity index (χ3n) is 4.02. The van der Waals surface area contributed by atoms with E-state index in [1.54, 1.807) is 36.4 Å². The van der Waals surface area contributed by atoms with Crippen molar-refractivity contribution in [2.45, 2.75) is 20.0 Å². The fourth-order valence-electron chi connectivity index (χ4n) is 2.66. The van der Waals surface area contributed by atoms with Crippen molar-refractivity contribution in [3.8, 4) is 5.75 Å². The molecule has 5 nitrogen and oxygen atoms in total. The van der Waals surface area contributed by atoms with E-state index in [1.807, 2.05) is 13.0 Å². The SMILES string of the molecule is CCCN1C(=O)N/C(=C/c2ccc(OCc3ccccc3F)c(I)c2)C1=O. The number of hydrogen-bond acceptors (Lipinski definition) is 3. The van der Waals surface area contributed by atoms with Gasteiger partial charge in [-0.25, -0.2) is 9.18 Å². The first kappa shape index (κ1) is 19.3. The molecule has 7 heteroatoms. The quantitative estimate of drug-likeness (QED) is 0.381. The second-order valence-corrected chi connectivity index (χ2v) is 7.18. The summed E-state index contributed by atoms with van der Waals surface area (Å²) >= 11 is 2.12. The first-order chi connectivity index (χ1) is 13.0. The number of ether oxygens (including phenoxy) is 1. The molecule has 1 heterocycles. The minimum absolute atomic E-state index is 0.129. The number of nitrogens with one attached hydrogen (secondary N) is 1. The van der Waals surface area contributed by atoms with Crippen molar-refractivity contribution in [1.82, 2.24) is 10.2 Å². The maximum Gasteiger partial charge on any atom is 0.329 e. The number of carbonyl (C=O) groups excluding carboxylic acids is 2. The van der Waals surface area contributed by atoms with Gasteiger partial charge in [-0.15, -0.1) is 0 Å². The zero-order valence-electron chi connectivity index (χ0n) is 14.7. The molecule has 0 saturated carbocycles. The summed E-state index contributed by atoms with van der Waals surface area (Å²) in [6, 6.07) is 11.5. The third-order valence-corrected chi connectivity index (χ3v) is 4.86. The molecule has 1 fully saturated rings. The highest BCUT2D eigenvalue weighted by Crippen LogP contribution is 2.25. The molecule has 1 saturated heterocycles. The molecule has 3 amide bonds. The van der Waals surface area contributed by atoms with Crippen LogP contribution in [-0.2, 0) is 11.4 Å². The Balaban J connectivity index is 1.72. The standard InChI is InChI=1S/C20H18FIN2O3/c1-2-9-24-19(25)17(23-20(24)26)11-13-7-8-18(16(22)10-13)27-12-14-5-3-4-6-15(14)21/h3-8,10-11H,2,9,12H2,1H3,(H,23,26)/b17-11+. The first-order valence-electron chi connectivity index (χ1n) is 8.50. The largest absolute Gasteiger partial charge is 0.488 e. The van der Waals surface area contributed by atoms with Crippen LogP contribution in [0.2, 0.25) is 0 Å². The monoisotopic (exact) mass is 480 g/mol. The number of nitrogens with zero attached hydrogens (tertiary/aromatic N) is 1. The van der Waals surface area contributed by atoms with E-state index in [0.29, 0.717) is 24.3 Å². The summed E-state index contributed by atoms with van der Waals surface area (Å²) < 4.78 is 20.2. The van der Waals surface area contributed by atoms with Crippen LogP contribution in [0.25, 0.3) is 6.08 Å². The fourth-order valence-corrected chi connectivity index (χ4v) is 3.35. The summed E-state index contributed by atoms with van der Waals surface area (Å²) in [6.07, 6.45) is 2.34. The molecule has 0 unspecified atom stereocenters. The third kappa shape index (κ3) is 4.47. The number of hydrogen-bond donors (Lipinski definition) is 1. The van der Waals surface area contributed by atoms with Crippen LogP contribution >= 0.6 is 22.6 Å². The molecule has 1 N–H and O–H groups in total. The zero-order valence-corrected chi connectivity index (χ0v) is 16.8. The lowest BCUT2D eigenvalue weighted by Gasteiger charge is -2.10. The highest BCUT2D eigenvalue weighted by molar-refractivity contribution is 14.1. The van der Waals surface area contributed by atoms with Crippen molar-refractivity contribution in [1.29, 1.82) is 0 Å². The number of halogens is 2. The van der Waals surface area contributed by atoms with Crippen LogP contribution in [0.4, 0.5) is 9.18 Å². The van der Waals surface area contributed by atoms with Crippen LogP contribution in [0, 0.1) is 9.39 Å². The molecule has 0 spiro atoms. The highest BCUT2D eigenvalue weighted by Gasteiger charge is 2.32. The van der Waals surface area contributed by atoms with E-state index < -0.39 is 6.03 Å². The number of benzene rings is 2. The zero-order chi connectivity index (χ0) is 19.4. The maximum absolute atomic E-state index is 13.7. The van der Waals surface area contributed by atoms with E-state index in [2.05, 4.69) is 27.9 Å². The molecule has 0 aliphatic carbocycles. The molecule has 0 aromatic heterocycles. The summed E-state index contributed by atoms with van der Waals surface area (Å²) in [5, 5.41) is 2.60. The van der Waals surface area contributed by atoms with Crippen LogP contribution in [0.15, 0.2) is 48.2 Å². The van der Waals surface area contributed by atoms with Gasteiger partial charge >= 0.3 is 6.03 Å². The van der Waals surface area contributed by atoms with E-state index in [9.17, 15) is 14.0 Å². The molecule has 2 aromatic carbocycles. The van der Waals surface area contributed by atoms with Crippen LogP contribution in [0.1, 0.15) is 24.5 Å². The lowest BCUT2D eigenvalue weighted by atomic mass is 10.2. The maximum atomic E-state index is 13.7. The van der Waals surface area contributed by atoms with Crippen LogP contribution in [0.5, 0.6) is 5.75 Å². The highest BCUT2D eigenvalue weighted by atomic mass is 127. The van der Waals surface area contributed by atoms with Crippen molar-refractivity contribution in [3.63, 3.8) is 0 Å². The molecule has 2 aromatic rings. The van der Waals surface area contributed by atoms with Crippen molar-refractivity contribution in [2.24, 2.45) is 0 Å². The van der Waals surface area contributed by atoms with E-state index in [0.717, 1.165) is 9.13 Å². The van der Waals surface area contributed by atoms with Crippen molar-refractivity contribution in [2.75, 3.05) is 6.54 Å². The second kappa shape index (κ2) is 8.51. The summed E-state index contributed by atoms with van der Waals surface area (Å²) in [4.78, 5) is 25.3. The van der Waals surface area contributed by atoms with Gasteiger partial charge in [0.15, 0.2) is 0 Å². The smallest absolute Gasteiger partial charge is 0.329 e. The van der Waals surface area contributed by atoms with E-state index in [4.69, 9.17) is 4.74 Å². The van der Waals surface area contributed by atoms with Crippen molar-refractivity contribution in [3.05, 3.63) is 68.7 Å². The summed E-state index contributed by atoms with van der Waals surface area (Å²) in [7, 11) is 0. The molecule has 1 aliphatic heterocycles. The average Bonchev–Trinajstić information content (AvgIpc) is 2.90. The van der Waals surface area contributed by atoms with E-state index >= 15 is 0 Å². The van der Waals surface area contributed by atoms with Gasteiger partial charge in [-0.3, -0.25) is 9.69 Å². The number of amides is 3. The van der Waals surface area contributed by atoms with Gasteiger partial charge in [0.1, 0.15) is 23.9 Å². The van der Waals surface area contributed by atoms with Crippen molar-refractivity contribution < 1.29 is 18.7 Å². The van der Waals surface area contributed by atoms with Gasteiger partial charge in [0.2, 0.25) is 0 Å². The summed E-state index contributed by atoms with van der Waals surface area (Å²) in [5.41, 5.74) is 1.50. The molecule has 140 valence electrons. The van der Waals surface area contributed by atoms with Gasteiger partial charge in [-0.2, -0.15) is 0 Å². The van der Waals surface area contributed by atoms with Gasteiger partial charge in [-0.05, 0) is 58.9 Å². The van der Waals surface area contributed by atoms with Crippen LogP contribution < -0.4 is 10.1 Å². The molecule has 0 radical (unpaired) electrons. The van der Waals surface area contributed by atoms with Crippen LogP contribution in [0.3, 0.4) is 0 Å². The number of imide groups is 1. The van der Waals surface area contributed by atoms with Gasteiger partial charge in [-0.1, -0.05) is 31.2 Å². The first-order valence-corrected chi connectivity index (χ1v) is 9.57. The van der Waals surface area contributed by atoms with E-state index in [-0.39, 0.29) is 24.0 Å². The predicted octanol–water partition coefficient (Wildman–Crippen LogP) is 4.31. The molecule has 27 heavy (non-hydrogen) atoms. The summed E-state index contributed by atoms with van der Waals surface area (Å²) in [5.74, 6) is -0.00637. The average molecular weight is 480 g/mol. The Labute approximate surface area is 170 Å². The van der Waals surface area contributed by atoms with Gasteiger partial charge < -0.3 is 10.1 Å². The Morgan fingerprint density at radius 1 is 1.22 bits per heavy atom. The fraction of sp³-hybridized carbons (Fsp3) is 0.200. The Morgan fingerprint density at radius 2 is 2.00 bits per heavy atom. The van der Waals surface area contributed by atoms with Crippen LogP contribution in [-0.4, -0.2) is 23.4 Å². The van der Waals surface area contributed by atoms with E-state index in [1.165, 1.54) is 11.0 Å². The lowest BCUT2D eigenvalue weighted by molar-refractivity contribution is -0.122. The topological polar surface area (TPSA) is 58.6 Å². The second-order valence-electron chi connectivity index (χ2n) is 6.01. The Kier molecular flexibility index (Phi) is 6.10. The number of carbonyl (C=O) groups is 2. The minimum Gasteiger partial charge on any atom is -0.488 e. The minimum atomic E-state index is -0.396. The lowest BCUT2D eigenvalue weighted by Crippen LogP contribution is -2.31. The Hall–Kier alpha value is -2.42. The normalized spacial score (nSPS) is 15.4. The predicted molar refractivity (Wildman–Crippen MR) is 108 cm³/mol. The molecule has 1 aliphatic rings. The molecule has 0 bridgehead atoms. The van der Waals surface area contributed by atoms with Gasteiger partial charge in [0, 0.05) is 12.1 Å². The number of rotatable bonds is 6. The number of urea groups is 1.